The van der Waals surface area contributed by atoms with E-state index in [1.165, 1.54) is 25.2 Å². The molecule has 0 spiro atoms. The van der Waals surface area contributed by atoms with Crippen LogP contribution in [0, 0.1) is 5.92 Å². The van der Waals surface area contributed by atoms with Gasteiger partial charge in [-0.3, -0.25) is 4.31 Å². The second kappa shape index (κ2) is 7.59. The molecule has 2 fully saturated rings. The second-order valence-corrected chi connectivity index (χ2v) is 9.87. The third-order valence-electron chi connectivity index (χ3n) is 6.14. The lowest BCUT2D eigenvalue weighted by molar-refractivity contribution is -0.274. The lowest BCUT2D eigenvalue weighted by atomic mass is 9.89. The minimum Gasteiger partial charge on any atom is -0.496 e. The Kier molecular flexibility index (Phi) is 5.33. The number of piperidine rings is 1. The van der Waals surface area contributed by atoms with Crippen LogP contribution in [0.1, 0.15) is 18.4 Å². The van der Waals surface area contributed by atoms with Crippen molar-refractivity contribution < 1.29 is 31.1 Å². The minimum atomic E-state index is -4.81. The third-order valence-corrected chi connectivity index (χ3v) is 7.92. The zero-order valence-electron chi connectivity index (χ0n) is 17.1. The molecule has 2 aliphatic rings. The maximum Gasteiger partial charge on any atom is 0.573 e. The quantitative estimate of drug-likeness (QED) is 0.719. The molecule has 1 aliphatic heterocycles. The molecule has 6 nitrogen and oxygen atoms in total. The molecule has 31 heavy (non-hydrogen) atoms. The highest BCUT2D eigenvalue weighted by Crippen LogP contribution is 2.59. The van der Waals surface area contributed by atoms with E-state index in [1.54, 1.807) is 19.2 Å². The third kappa shape index (κ3) is 4.06. The molecule has 0 amide bonds. The van der Waals surface area contributed by atoms with Crippen LogP contribution in [-0.2, 0) is 15.4 Å². The predicted octanol–water partition coefficient (Wildman–Crippen LogP) is 3.67. The number of fused-ring (bicyclic) bond motifs is 1. The van der Waals surface area contributed by atoms with E-state index in [9.17, 15) is 21.6 Å². The van der Waals surface area contributed by atoms with E-state index in [0.717, 1.165) is 47.9 Å². The van der Waals surface area contributed by atoms with Gasteiger partial charge in [-0.05, 0) is 67.8 Å². The first kappa shape index (κ1) is 21.8. The summed E-state index contributed by atoms with van der Waals surface area (Å²) in [6.07, 6.45) is -2.80. The molecule has 2 aromatic rings. The topological polar surface area (TPSA) is 67.9 Å². The molecule has 2 atom stereocenters. The van der Waals surface area contributed by atoms with Crippen LogP contribution in [0.3, 0.4) is 0 Å². The second-order valence-electron chi connectivity index (χ2n) is 7.90. The van der Waals surface area contributed by atoms with Crippen molar-refractivity contribution in [2.75, 3.05) is 31.6 Å². The Balaban J connectivity index is 1.63. The van der Waals surface area contributed by atoms with E-state index >= 15 is 0 Å². The number of methoxy groups -OCH3 is 1. The molecular weight excluding hydrogens is 433 g/mol. The van der Waals surface area contributed by atoms with Crippen LogP contribution in [0.4, 0.5) is 18.9 Å². The van der Waals surface area contributed by atoms with E-state index in [0.29, 0.717) is 11.7 Å². The Morgan fingerprint density at radius 2 is 1.87 bits per heavy atom. The van der Waals surface area contributed by atoms with E-state index in [1.807, 2.05) is 0 Å². The van der Waals surface area contributed by atoms with Gasteiger partial charge in [-0.25, -0.2) is 8.42 Å². The van der Waals surface area contributed by atoms with Crippen molar-refractivity contribution in [3.63, 3.8) is 0 Å². The van der Waals surface area contributed by atoms with Gasteiger partial charge in [-0.15, -0.1) is 13.2 Å². The summed E-state index contributed by atoms with van der Waals surface area (Å²) in [5, 5.41) is 3.39. The van der Waals surface area contributed by atoms with Gasteiger partial charge in [0, 0.05) is 24.6 Å². The van der Waals surface area contributed by atoms with Gasteiger partial charge in [0.25, 0.3) is 10.0 Å². The first-order valence-corrected chi connectivity index (χ1v) is 11.2. The Labute approximate surface area is 179 Å². The molecule has 2 aromatic carbocycles. The summed E-state index contributed by atoms with van der Waals surface area (Å²) >= 11 is 0. The average molecular weight is 456 g/mol. The molecule has 1 N–H and O–H groups in total. The first-order valence-electron chi connectivity index (χ1n) is 9.81. The van der Waals surface area contributed by atoms with Crippen molar-refractivity contribution in [2.45, 2.75) is 29.5 Å². The SMILES string of the molecule is COc1ccc(S(=O)(=O)N(C)c2ccc(OC(F)(F)F)cc2)cc1C12CNCCC1C2. The number of benzene rings is 2. The highest BCUT2D eigenvalue weighted by molar-refractivity contribution is 7.92. The highest BCUT2D eigenvalue weighted by Gasteiger charge is 2.57. The summed E-state index contributed by atoms with van der Waals surface area (Å²) in [4.78, 5) is 0.104. The molecule has 1 heterocycles. The summed E-state index contributed by atoms with van der Waals surface area (Å²) < 4.78 is 74.0. The largest absolute Gasteiger partial charge is 0.573 e. The summed E-state index contributed by atoms with van der Waals surface area (Å²) in [6, 6.07) is 9.51. The first-order chi connectivity index (χ1) is 14.6. The predicted molar refractivity (Wildman–Crippen MR) is 109 cm³/mol. The fourth-order valence-corrected chi connectivity index (χ4v) is 5.60. The van der Waals surface area contributed by atoms with E-state index in [-0.39, 0.29) is 16.0 Å². The van der Waals surface area contributed by atoms with Crippen LogP contribution in [0.5, 0.6) is 11.5 Å². The zero-order chi connectivity index (χ0) is 22.4. The number of halogens is 3. The molecule has 4 rings (SSSR count). The fourth-order valence-electron chi connectivity index (χ4n) is 4.38. The van der Waals surface area contributed by atoms with E-state index in [4.69, 9.17) is 4.74 Å². The van der Waals surface area contributed by atoms with Crippen molar-refractivity contribution in [3.8, 4) is 11.5 Å². The van der Waals surface area contributed by atoms with E-state index in [2.05, 4.69) is 10.1 Å². The van der Waals surface area contributed by atoms with Crippen LogP contribution < -0.4 is 19.1 Å². The van der Waals surface area contributed by atoms with Gasteiger partial charge in [0.15, 0.2) is 0 Å². The number of nitrogens with zero attached hydrogens (tertiary/aromatic N) is 1. The normalized spacial score (nSPS) is 23.1. The molecule has 0 aromatic heterocycles. The monoisotopic (exact) mass is 456 g/mol. The van der Waals surface area contributed by atoms with Crippen LogP contribution >= 0.6 is 0 Å². The zero-order valence-corrected chi connectivity index (χ0v) is 17.9. The fraction of sp³-hybridized carbons (Fsp3) is 0.429. The molecule has 1 saturated heterocycles. The summed E-state index contributed by atoms with van der Waals surface area (Å²) in [5.41, 5.74) is 0.967. The average Bonchev–Trinajstić information content (AvgIpc) is 3.48. The maximum atomic E-state index is 13.3. The number of ether oxygens (including phenoxy) is 2. The van der Waals surface area contributed by atoms with Crippen LogP contribution in [0.2, 0.25) is 0 Å². The summed E-state index contributed by atoms with van der Waals surface area (Å²) in [6.45, 7) is 1.72. The molecule has 1 saturated carbocycles. The number of hydrogen-bond acceptors (Lipinski definition) is 5. The molecular formula is C21H23F3N2O4S. The van der Waals surface area contributed by atoms with Crippen molar-refractivity contribution in [1.82, 2.24) is 5.32 Å². The number of alkyl halides is 3. The van der Waals surface area contributed by atoms with Gasteiger partial charge in [0.2, 0.25) is 0 Å². The minimum absolute atomic E-state index is 0.104. The van der Waals surface area contributed by atoms with E-state index < -0.39 is 22.1 Å². The lowest BCUT2D eigenvalue weighted by Gasteiger charge is -2.26. The standard InChI is InChI=1S/C21H23F3N2O4S/c1-26(15-3-5-16(6-4-15)30-21(22,23)24)31(27,28)17-7-8-19(29-2)18(11-17)20-12-14(20)9-10-25-13-20/h3-8,11,14,25H,9-10,12-13H2,1-2H3. The molecule has 2 unspecified atom stereocenters. The van der Waals surface area contributed by atoms with Crippen LogP contribution in [0.25, 0.3) is 0 Å². The number of nitrogens with one attached hydrogen (secondary N) is 1. The molecule has 0 bridgehead atoms. The van der Waals surface area contributed by atoms with Crippen molar-refractivity contribution in [3.05, 3.63) is 48.0 Å². The van der Waals surface area contributed by atoms with Gasteiger partial charge in [0.1, 0.15) is 11.5 Å². The van der Waals surface area contributed by atoms with Crippen molar-refractivity contribution in [1.29, 1.82) is 0 Å². The van der Waals surface area contributed by atoms with Gasteiger partial charge in [-0.1, -0.05) is 0 Å². The summed E-state index contributed by atoms with van der Waals surface area (Å²) in [5.74, 6) is 0.735. The molecule has 0 radical (unpaired) electrons. The Morgan fingerprint density at radius 3 is 2.48 bits per heavy atom. The number of sulfonamides is 1. The van der Waals surface area contributed by atoms with Gasteiger partial charge in [-0.2, -0.15) is 0 Å². The number of rotatable bonds is 6. The van der Waals surface area contributed by atoms with Crippen LogP contribution in [-0.4, -0.2) is 42.0 Å². The molecule has 168 valence electrons. The van der Waals surface area contributed by atoms with Crippen molar-refractivity contribution >= 4 is 15.7 Å². The summed E-state index contributed by atoms with van der Waals surface area (Å²) in [7, 11) is -1.02. The van der Waals surface area contributed by atoms with Crippen LogP contribution in [0.15, 0.2) is 47.4 Å². The van der Waals surface area contributed by atoms with Gasteiger partial charge in [0.05, 0.1) is 17.7 Å². The Morgan fingerprint density at radius 1 is 1.16 bits per heavy atom. The molecule has 10 heteroatoms. The Hall–Kier alpha value is -2.46. The van der Waals surface area contributed by atoms with Gasteiger partial charge < -0.3 is 14.8 Å². The maximum absolute atomic E-state index is 13.3. The van der Waals surface area contributed by atoms with Gasteiger partial charge >= 0.3 is 6.36 Å². The number of hydrogen-bond donors (Lipinski definition) is 1. The van der Waals surface area contributed by atoms with Crippen molar-refractivity contribution in [2.24, 2.45) is 5.92 Å². The highest BCUT2D eigenvalue weighted by atomic mass is 32.2. The Bertz CT molecular complexity index is 1070. The number of anilines is 1. The lowest BCUT2D eigenvalue weighted by Crippen LogP contribution is -2.35. The molecule has 1 aliphatic carbocycles. The smallest absolute Gasteiger partial charge is 0.496 e.